The first kappa shape index (κ1) is 13.3. The van der Waals surface area contributed by atoms with Crippen molar-refractivity contribution in [3.63, 3.8) is 0 Å². The smallest absolute Gasteiger partial charge is 0.0469 e. The quantitative estimate of drug-likeness (QED) is 0.713. The summed E-state index contributed by atoms with van der Waals surface area (Å²) in [5.41, 5.74) is 0.153. The minimum absolute atomic E-state index is 0.153. The first-order valence-corrected chi connectivity index (χ1v) is 6.68. The Balaban J connectivity index is 2.31. The molecular formula is C12H24ClNO. The molecule has 15 heavy (non-hydrogen) atoms. The lowest BCUT2D eigenvalue weighted by Crippen LogP contribution is -2.48. The number of nitrogens with one attached hydrogen (secondary N) is 1. The summed E-state index contributed by atoms with van der Waals surface area (Å²) in [5.74, 6) is 1.49. The molecule has 1 N–H and O–H groups in total. The Morgan fingerprint density at radius 2 is 1.87 bits per heavy atom. The fourth-order valence-electron chi connectivity index (χ4n) is 2.05. The minimum atomic E-state index is 0.153. The molecular weight excluding hydrogens is 210 g/mol. The minimum Gasteiger partial charge on any atom is -0.381 e. The van der Waals surface area contributed by atoms with E-state index in [0.29, 0.717) is 5.88 Å². The zero-order valence-electron chi connectivity index (χ0n) is 10.0. The van der Waals surface area contributed by atoms with Crippen molar-refractivity contribution in [1.29, 1.82) is 0 Å². The lowest BCUT2D eigenvalue weighted by Gasteiger charge is -2.33. The van der Waals surface area contributed by atoms with Gasteiger partial charge in [-0.3, -0.25) is 0 Å². The molecule has 0 aliphatic carbocycles. The number of ether oxygens (including phenoxy) is 1. The zero-order valence-corrected chi connectivity index (χ0v) is 10.8. The molecule has 3 heteroatoms. The van der Waals surface area contributed by atoms with E-state index in [-0.39, 0.29) is 5.54 Å². The van der Waals surface area contributed by atoms with E-state index in [1.165, 1.54) is 12.8 Å². The SMILES string of the molecule is CCC(CC)(CCl)NCC1CCOCC1. The van der Waals surface area contributed by atoms with Crippen molar-refractivity contribution in [3.8, 4) is 0 Å². The molecule has 90 valence electrons. The predicted octanol–water partition coefficient (Wildman–Crippen LogP) is 2.80. The van der Waals surface area contributed by atoms with Crippen LogP contribution in [0.15, 0.2) is 0 Å². The van der Waals surface area contributed by atoms with Crippen LogP contribution in [0.1, 0.15) is 39.5 Å². The largest absolute Gasteiger partial charge is 0.381 e. The third-order valence-electron chi connectivity index (χ3n) is 3.72. The van der Waals surface area contributed by atoms with Crippen LogP contribution in [-0.2, 0) is 4.74 Å². The highest BCUT2D eigenvalue weighted by Crippen LogP contribution is 2.20. The summed E-state index contributed by atoms with van der Waals surface area (Å²) in [6.07, 6.45) is 4.60. The van der Waals surface area contributed by atoms with Crippen molar-refractivity contribution in [1.82, 2.24) is 5.32 Å². The monoisotopic (exact) mass is 233 g/mol. The molecule has 0 bridgehead atoms. The van der Waals surface area contributed by atoms with Crippen LogP contribution in [0.2, 0.25) is 0 Å². The van der Waals surface area contributed by atoms with E-state index in [2.05, 4.69) is 19.2 Å². The molecule has 0 aromatic carbocycles. The number of hydrogen-bond donors (Lipinski definition) is 1. The van der Waals surface area contributed by atoms with Gasteiger partial charge in [0.15, 0.2) is 0 Å². The van der Waals surface area contributed by atoms with Crippen LogP contribution in [0.25, 0.3) is 0 Å². The Morgan fingerprint density at radius 3 is 2.33 bits per heavy atom. The zero-order chi connectivity index (χ0) is 11.1. The summed E-state index contributed by atoms with van der Waals surface area (Å²) >= 11 is 6.06. The number of hydrogen-bond acceptors (Lipinski definition) is 2. The molecule has 1 aliphatic heterocycles. The summed E-state index contributed by atoms with van der Waals surface area (Å²) in [7, 11) is 0. The second-order valence-corrected chi connectivity index (χ2v) is 4.82. The van der Waals surface area contributed by atoms with Crippen molar-refractivity contribution in [3.05, 3.63) is 0 Å². The van der Waals surface area contributed by atoms with Crippen molar-refractivity contribution in [2.24, 2.45) is 5.92 Å². The van der Waals surface area contributed by atoms with Crippen molar-refractivity contribution < 1.29 is 4.74 Å². The molecule has 0 amide bonds. The van der Waals surface area contributed by atoms with Crippen LogP contribution >= 0.6 is 11.6 Å². The van der Waals surface area contributed by atoms with Crippen LogP contribution in [0.3, 0.4) is 0 Å². The van der Waals surface area contributed by atoms with E-state index in [1.54, 1.807) is 0 Å². The number of rotatable bonds is 6. The predicted molar refractivity (Wildman–Crippen MR) is 65.6 cm³/mol. The summed E-state index contributed by atoms with van der Waals surface area (Å²) in [6, 6.07) is 0. The standard InChI is InChI=1S/C12H24ClNO/c1-3-12(4-2,10-13)14-9-11-5-7-15-8-6-11/h11,14H,3-10H2,1-2H3. The Kier molecular flexibility index (Phi) is 5.95. The van der Waals surface area contributed by atoms with Crippen molar-refractivity contribution in [2.45, 2.75) is 45.1 Å². The second kappa shape index (κ2) is 6.72. The van der Waals surface area contributed by atoms with Crippen molar-refractivity contribution >= 4 is 11.6 Å². The lowest BCUT2D eigenvalue weighted by molar-refractivity contribution is 0.0635. The molecule has 1 rings (SSSR count). The van der Waals surface area contributed by atoms with E-state index in [1.807, 2.05) is 0 Å². The average molecular weight is 234 g/mol. The first-order chi connectivity index (χ1) is 7.26. The van der Waals surface area contributed by atoms with Gasteiger partial charge in [-0.15, -0.1) is 11.6 Å². The molecule has 1 saturated heterocycles. The molecule has 0 radical (unpaired) electrons. The summed E-state index contributed by atoms with van der Waals surface area (Å²) in [6.45, 7) is 7.38. The molecule has 0 saturated carbocycles. The fraction of sp³-hybridized carbons (Fsp3) is 1.00. The maximum atomic E-state index is 6.06. The Hall–Kier alpha value is 0.210. The van der Waals surface area contributed by atoms with Gasteiger partial charge < -0.3 is 10.1 Å². The van der Waals surface area contributed by atoms with Crippen LogP contribution in [0, 0.1) is 5.92 Å². The van der Waals surface area contributed by atoms with Gasteiger partial charge in [0.1, 0.15) is 0 Å². The lowest BCUT2D eigenvalue weighted by atomic mass is 9.92. The average Bonchev–Trinajstić information content (AvgIpc) is 2.33. The topological polar surface area (TPSA) is 21.3 Å². The Labute approximate surface area is 98.7 Å². The molecule has 0 spiro atoms. The molecule has 1 heterocycles. The van der Waals surface area contributed by atoms with E-state index in [0.717, 1.165) is 38.5 Å². The molecule has 0 aromatic rings. The molecule has 1 fully saturated rings. The highest BCUT2D eigenvalue weighted by molar-refractivity contribution is 6.18. The van der Waals surface area contributed by atoms with Gasteiger partial charge in [-0.05, 0) is 38.1 Å². The summed E-state index contributed by atoms with van der Waals surface area (Å²) in [4.78, 5) is 0. The van der Waals surface area contributed by atoms with Crippen molar-refractivity contribution in [2.75, 3.05) is 25.6 Å². The molecule has 0 unspecified atom stereocenters. The van der Waals surface area contributed by atoms with Crippen LogP contribution in [0.4, 0.5) is 0 Å². The van der Waals surface area contributed by atoms with Gasteiger partial charge in [0.25, 0.3) is 0 Å². The molecule has 0 aromatic heterocycles. The van der Waals surface area contributed by atoms with Crippen LogP contribution < -0.4 is 5.32 Å². The fourth-order valence-corrected chi connectivity index (χ4v) is 2.52. The first-order valence-electron chi connectivity index (χ1n) is 6.15. The molecule has 1 aliphatic rings. The Bertz CT molecular complexity index is 157. The highest BCUT2D eigenvalue weighted by atomic mass is 35.5. The highest BCUT2D eigenvalue weighted by Gasteiger charge is 2.25. The van der Waals surface area contributed by atoms with E-state index >= 15 is 0 Å². The maximum absolute atomic E-state index is 6.06. The number of alkyl halides is 1. The van der Waals surface area contributed by atoms with E-state index in [4.69, 9.17) is 16.3 Å². The second-order valence-electron chi connectivity index (χ2n) is 4.56. The van der Waals surface area contributed by atoms with Gasteiger partial charge in [0.2, 0.25) is 0 Å². The number of halogens is 1. The summed E-state index contributed by atoms with van der Waals surface area (Å²) < 4.78 is 5.36. The molecule has 0 atom stereocenters. The molecule has 2 nitrogen and oxygen atoms in total. The van der Waals surface area contributed by atoms with E-state index in [9.17, 15) is 0 Å². The normalized spacial score (nSPS) is 19.4. The van der Waals surface area contributed by atoms with Gasteiger partial charge in [-0.25, -0.2) is 0 Å². The van der Waals surface area contributed by atoms with Gasteiger partial charge in [0, 0.05) is 24.6 Å². The van der Waals surface area contributed by atoms with Crippen LogP contribution in [0.5, 0.6) is 0 Å². The Morgan fingerprint density at radius 1 is 1.27 bits per heavy atom. The van der Waals surface area contributed by atoms with Gasteiger partial charge in [-0.1, -0.05) is 13.8 Å². The third-order valence-corrected chi connectivity index (χ3v) is 4.23. The van der Waals surface area contributed by atoms with Gasteiger partial charge in [0.05, 0.1) is 0 Å². The van der Waals surface area contributed by atoms with Gasteiger partial charge in [-0.2, -0.15) is 0 Å². The van der Waals surface area contributed by atoms with Gasteiger partial charge >= 0.3 is 0 Å². The van der Waals surface area contributed by atoms with Crippen LogP contribution in [-0.4, -0.2) is 31.2 Å². The summed E-state index contributed by atoms with van der Waals surface area (Å²) in [5, 5.41) is 3.66. The third kappa shape index (κ3) is 3.93. The van der Waals surface area contributed by atoms with E-state index < -0.39 is 0 Å². The maximum Gasteiger partial charge on any atom is 0.0469 e.